The molecule has 8 nitrogen and oxygen atoms in total. The third-order valence-corrected chi connectivity index (χ3v) is 5.52. The van der Waals surface area contributed by atoms with Crippen molar-refractivity contribution in [2.45, 2.75) is 37.7 Å². The van der Waals surface area contributed by atoms with Crippen LogP contribution in [0, 0.1) is 0 Å². The van der Waals surface area contributed by atoms with Crippen molar-refractivity contribution in [3.05, 3.63) is 41.7 Å². The number of nitrogens with zero attached hydrogens (tertiary/aromatic N) is 4. The topological polar surface area (TPSA) is 87.9 Å². The quantitative estimate of drug-likeness (QED) is 0.526. The van der Waals surface area contributed by atoms with Gasteiger partial charge in [-0.25, -0.2) is 4.79 Å². The van der Waals surface area contributed by atoms with Crippen LogP contribution in [0.4, 0.5) is 44.3 Å². The number of piperazine rings is 1. The van der Waals surface area contributed by atoms with Crippen LogP contribution in [-0.4, -0.2) is 81.4 Å². The summed E-state index contributed by atoms with van der Waals surface area (Å²) in [4.78, 5) is 25.1. The average molecular weight is 562 g/mol. The molecular formula is C21H19F9N4O4. The van der Waals surface area contributed by atoms with E-state index < -0.39 is 48.8 Å². The molecule has 3 rings (SSSR count). The number of rotatable bonds is 6. The predicted molar refractivity (Wildman–Crippen MR) is 110 cm³/mol. The maximum atomic E-state index is 13.3. The van der Waals surface area contributed by atoms with Crippen molar-refractivity contribution in [2.24, 2.45) is 0 Å². The number of carbonyl (C=O) groups excluding carboxylic acids is 1. The minimum Gasteiger partial charge on any atom is -0.480 e. The summed E-state index contributed by atoms with van der Waals surface area (Å²) in [6.07, 6.45) is -20.0. The van der Waals surface area contributed by atoms with Crippen molar-refractivity contribution < 1.29 is 58.9 Å². The number of alkyl halides is 9. The molecule has 2 heterocycles. The van der Waals surface area contributed by atoms with E-state index in [1.807, 2.05) is 0 Å². The lowest BCUT2D eigenvalue weighted by atomic mass is 9.98. The van der Waals surface area contributed by atoms with E-state index in [0.717, 1.165) is 16.8 Å². The average Bonchev–Trinajstić information content (AvgIpc) is 3.23. The zero-order chi connectivity index (χ0) is 28.5. The third kappa shape index (κ3) is 7.29. The molecule has 1 fully saturated rings. The normalized spacial score (nSPS) is 15.7. The van der Waals surface area contributed by atoms with Crippen molar-refractivity contribution >= 4 is 12.1 Å². The van der Waals surface area contributed by atoms with Crippen LogP contribution in [0.5, 0.6) is 0 Å². The number of carboxylic acid groups (broad SMARTS) is 1. The molecule has 0 aliphatic carbocycles. The van der Waals surface area contributed by atoms with E-state index in [4.69, 9.17) is 5.11 Å². The first-order valence-electron chi connectivity index (χ1n) is 10.7. The predicted octanol–water partition coefficient (Wildman–Crippen LogP) is 4.40. The second-order valence-electron chi connectivity index (χ2n) is 8.30. The molecule has 210 valence electrons. The number of hydrogen-bond acceptors (Lipinski definition) is 5. The lowest BCUT2D eigenvalue weighted by Gasteiger charge is -2.35. The summed E-state index contributed by atoms with van der Waals surface area (Å²) < 4.78 is 121. The first-order chi connectivity index (χ1) is 17.4. The largest absolute Gasteiger partial charge is 0.480 e. The number of ether oxygens (including phenoxy) is 1. The fourth-order valence-corrected chi connectivity index (χ4v) is 3.71. The highest BCUT2D eigenvalue weighted by Gasteiger charge is 2.60. The highest BCUT2D eigenvalue weighted by molar-refractivity contribution is 5.69. The Morgan fingerprint density at radius 2 is 1.58 bits per heavy atom. The Labute approximate surface area is 208 Å². The Kier molecular flexibility index (Phi) is 8.18. The summed E-state index contributed by atoms with van der Waals surface area (Å²) in [5.74, 6) is -1.22. The minimum absolute atomic E-state index is 0.00813. The van der Waals surface area contributed by atoms with Crippen molar-refractivity contribution in [3.63, 3.8) is 0 Å². The molecule has 38 heavy (non-hydrogen) atoms. The van der Waals surface area contributed by atoms with Crippen LogP contribution in [0.25, 0.3) is 11.1 Å². The van der Waals surface area contributed by atoms with Crippen molar-refractivity contribution in [3.8, 4) is 11.1 Å². The van der Waals surface area contributed by atoms with Gasteiger partial charge in [0.15, 0.2) is 0 Å². The van der Waals surface area contributed by atoms with Crippen LogP contribution in [0.2, 0.25) is 0 Å². The molecule has 1 saturated heterocycles. The highest BCUT2D eigenvalue weighted by atomic mass is 19.4. The van der Waals surface area contributed by atoms with Gasteiger partial charge in [-0.1, -0.05) is 6.07 Å². The summed E-state index contributed by atoms with van der Waals surface area (Å²) in [5.41, 5.74) is -0.326. The Morgan fingerprint density at radius 3 is 2.11 bits per heavy atom. The lowest BCUT2D eigenvalue weighted by molar-refractivity contribution is -0.308. The van der Waals surface area contributed by atoms with E-state index in [9.17, 15) is 49.1 Å². The van der Waals surface area contributed by atoms with Gasteiger partial charge in [-0.2, -0.15) is 44.6 Å². The summed E-state index contributed by atoms with van der Waals surface area (Å²) in [6.45, 7) is -1.18. The molecule has 0 atom stereocenters. The molecule has 1 aromatic heterocycles. The Hall–Kier alpha value is -3.50. The maximum absolute atomic E-state index is 13.3. The number of amides is 1. The Morgan fingerprint density at radius 1 is 0.974 bits per heavy atom. The van der Waals surface area contributed by atoms with Gasteiger partial charge in [0, 0.05) is 44.5 Å². The van der Waals surface area contributed by atoms with Crippen LogP contribution >= 0.6 is 0 Å². The Balaban J connectivity index is 1.73. The zero-order valence-electron chi connectivity index (χ0n) is 19.1. The molecule has 1 amide bonds. The molecule has 0 unspecified atom stereocenters. The Bertz CT molecular complexity index is 1140. The fraction of sp³-hybridized carbons (Fsp3) is 0.476. The molecule has 1 aromatic carbocycles. The molecule has 2 aromatic rings. The fourth-order valence-electron chi connectivity index (χ4n) is 3.71. The smallest absolute Gasteiger partial charge is 0.434 e. The molecule has 0 radical (unpaired) electrons. The SMILES string of the molecule is O=C(O)Cn1cc(-c2cc(C(F)(F)F)ccc2CN2CCN(C(=O)OC(C(F)(F)F)C(F)(F)F)CC2)cn1. The third-order valence-electron chi connectivity index (χ3n) is 5.52. The minimum atomic E-state index is -5.85. The van der Waals surface area contributed by atoms with E-state index in [-0.39, 0.29) is 43.9 Å². The number of aliphatic carboxylic acids is 1. The monoisotopic (exact) mass is 562 g/mol. The van der Waals surface area contributed by atoms with E-state index in [0.29, 0.717) is 10.5 Å². The zero-order valence-corrected chi connectivity index (χ0v) is 19.1. The van der Waals surface area contributed by atoms with Gasteiger partial charge in [-0.15, -0.1) is 0 Å². The van der Waals surface area contributed by atoms with Gasteiger partial charge in [-0.3, -0.25) is 14.4 Å². The van der Waals surface area contributed by atoms with Crippen molar-refractivity contribution in [1.82, 2.24) is 19.6 Å². The van der Waals surface area contributed by atoms with E-state index in [2.05, 4.69) is 9.84 Å². The van der Waals surface area contributed by atoms with Gasteiger partial charge in [0.1, 0.15) is 6.54 Å². The standard InChI is InChI=1S/C21H19F9N4O4/c22-19(23,24)14-2-1-12(15(7-14)13-8-31-34(10-13)11-16(35)36)9-32-3-5-33(6-4-32)18(37)38-17(20(25,26)27)21(28,29)30/h1-2,7-8,10,17H,3-6,9,11H2,(H,35,36). The van der Waals surface area contributed by atoms with Crippen LogP contribution in [0.1, 0.15) is 11.1 Å². The summed E-state index contributed by atoms with van der Waals surface area (Å²) in [7, 11) is 0. The van der Waals surface area contributed by atoms with Crippen LogP contribution in [-0.2, 0) is 28.8 Å². The van der Waals surface area contributed by atoms with E-state index in [1.165, 1.54) is 18.5 Å². The van der Waals surface area contributed by atoms with E-state index >= 15 is 0 Å². The number of aromatic nitrogens is 2. The lowest BCUT2D eigenvalue weighted by Crippen LogP contribution is -2.52. The molecule has 0 spiro atoms. The second kappa shape index (κ2) is 10.7. The molecule has 1 N–H and O–H groups in total. The van der Waals surface area contributed by atoms with Gasteiger partial charge < -0.3 is 14.7 Å². The van der Waals surface area contributed by atoms with Gasteiger partial charge in [0.25, 0.3) is 6.10 Å². The van der Waals surface area contributed by atoms with Gasteiger partial charge in [0.05, 0.1) is 11.8 Å². The van der Waals surface area contributed by atoms with E-state index in [1.54, 1.807) is 4.90 Å². The molecule has 17 heteroatoms. The van der Waals surface area contributed by atoms with Gasteiger partial charge >= 0.3 is 30.6 Å². The summed E-state index contributed by atoms with van der Waals surface area (Å²) in [6, 6.07) is 2.90. The van der Waals surface area contributed by atoms with Gasteiger partial charge in [0.2, 0.25) is 0 Å². The van der Waals surface area contributed by atoms with Gasteiger partial charge in [-0.05, 0) is 23.3 Å². The number of benzene rings is 1. The number of halogens is 9. The van der Waals surface area contributed by atoms with Crippen molar-refractivity contribution in [2.75, 3.05) is 26.2 Å². The second-order valence-corrected chi connectivity index (χ2v) is 8.30. The van der Waals surface area contributed by atoms with Crippen molar-refractivity contribution in [1.29, 1.82) is 0 Å². The number of carboxylic acids is 1. The summed E-state index contributed by atoms with van der Waals surface area (Å²) in [5, 5.41) is 12.7. The molecule has 1 aliphatic rings. The maximum Gasteiger partial charge on any atom is 0.434 e. The highest BCUT2D eigenvalue weighted by Crippen LogP contribution is 2.37. The molecule has 0 saturated carbocycles. The molecular weight excluding hydrogens is 543 g/mol. The number of carbonyl (C=O) groups is 2. The molecule has 0 bridgehead atoms. The molecule has 1 aliphatic heterocycles. The van der Waals surface area contributed by atoms with Crippen LogP contribution in [0.3, 0.4) is 0 Å². The first-order valence-corrected chi connectivity index (χ1v) is 10.7. The number of hydrogen-bond donors (Lipinski definition) is 1. The summed E-state index contributed by atoms with van der Waals surface area (Å²) >= 11 is 0. The van der Waals surface area contributed by atoms with Crippen LogP contribution in [0.15, 0.2) is 30.6 Å². The van der Waals surface area contributed by atoms with Crippen LogP contribution < -0.4 is 0 Å². The first kappa shape index (κ1) is 29.1.